The van der Waals surface area contributed by atoms with Gasteiger partial charge in [0.15, 0.2) is 0 Å². The average molecular weight is 256 g/mol. The van der Waals surface area contributed by atoms with Gasteiger partial charge in [-0.2, -0.15) is 0 Å². The molecule has 1 N–H and O–H groups in total. The highest BCUT2D eigenvalue weighted by Crippen LogP contribution is 2.59. The van der Waals surface area contributed by atoms with E-state index in [1.807, 2.05) is 0 Å². The highest BCUT2D eigenvalue weighted by Gasteiger charge is 2.50. The van der Waals surface area contributed by atoms with E-state index in [0.717, 1.165) is 24.3 Å². The maximum atomic E-state index is 11.6. The van der Waals surface area contributed by atoms with Crippen molar-refractivity contribution < 1.29 is 4.79 Å². The normalized spacial score (nSPS) is 44.7. The number of hydrogen-bond acceptors (Lipinski definition) is 1. The van der Waals surface area contributed by atoms with Crippen LogP contribution >= 0.6 is 11.6 Å². The lowest BCUT2D eigenvalue weighted by Gasteiger charge is -2.56. The van der Waals surface area contributed by atoms with Gasteiger partial charge in [0.05, 0.1) is 0 Å². The molecule has 4 bridgehead atoms. The Morgan fingerprint density at radius 2 is 1.71 bits per heavy atom. The molecule has 0 aromatic heterocycles. The summed E-state index contributed by atoms with van der Waals surface area (Å²) in [6.07, 6.45) is 8.40. The third-order valence-corrected chi connectivity index (χ3v) is 5.36. The second-order valence-corrected chi connectivity index (χ2v) is 7.41. The Bertz CT molecular complexity index is 291. The Hall–Kier alpha value is -0.240. The van der Waals surface area contributed by atoms with Crippen LogP contribution in [0.15, 0.2) is 0 Å². The topological polar surface area (TPSA) is 29.1 Å². The Kier molecular flexibility index (Phi) is 2.89. The maximum absolute atomic E-state index is 11.6. The summed E-state index contributed by atoms with van der Waals surface area (Å²) >= 11 is 5.80. The minimum atomic E-state index is -0.399. The van der Waals surface area contributed by atoms with Gasteiger partial charge in [-0.1, -0.05) is 0 Å². The number of halogens is 1. The van der Waals surface area contributed by atoms with Crippen molar-refractivity contribution in [3.05, 3.63) is 0 Å². The first-order valence-electron chi connectivity index (χ1n) is 6.98. The predicted molar refractivity (Wildman–Crippen MR) is 68.9 cm³/mol. The van der Waals surface area contributed by atoms with E-state index in [0.29, 0.717) is 5.41 Å². The number of amides is 1. The SMILES string of the molecule is CC(Cl)C(=O)NCC12CC3CC(CC(C3)C1)C2. The van der Waals surface area contributed by atoms with E-state index >= 15 is 0 Å². The molecule has 0 spiro atoms. The van der Waals surface area contributed by atoms with E-state index in [2.05, 4.69) is 5.32 Å². The zero-order valence-electron chi connectivity index (χ0n) is 10.5. The Morgan fingerprint density at radius 1 is 1.24 bits per heavy atom. The predicted octanol–water partition coefficient (Wildman–Crippen LogP) is 2.95. The van der Waals surface area contributed by atoms with Crippen LogP contribution in [-0.4, -0.2) is 17.8 Å². The first-order chi connectivity index (χ1) is 8.06. The molecule has 0 aromatic rings. The molecule has 0 aliphatic heterocycles. The summed E-state index contributed by atoms with van der Waals surface area (Å²) in [6.45, 7) is 2.61. The maximum Gasteiger partial charge on any atom is 0.237 e. The summed E-state index contributed by atoms with van der Waals surface area (Å²) in [7, 11) is 0. The number of carbonyl (C=O) groups excluding carboxylic acids is 1. The van der Waals surface area contributed by atoms with Gasteiger partial charge in [-0.05, 0) is 68.6 Å². The second kappa shape index (κ2) is 4.15. The third kappa shape index (κ3) is 2.21. The molecule has 17 heavy (non-hydrogen) atoms. The van der Waals surface area contributed by atoms with Crippen molar-refractivity contribution in [1.82, 2.24) is 5.32 Å². The molecule has 4 aliphatic carbocycles. The Morgan fingerprint density at radius 3 is 2.12 bits per heavy atom. The van der Waals surface area contributed by atoms with Gasteiger partial charge in [0, 0.05) is 6.54 Å². The van der Waals surface area contributed by atoms with E-state index in [9.17, 15) is 4.79 Å². The van der Waals surface area contributed by atoms with E-state index < -0.39 is 5.38 Å². The fourth-order valence-electron chi connectivity index (χ4n) is 4.92. The molecule has 0 heterocycles. The van der Waals surface area contributed by atoms with E-state index in [1.165, 1.54) is 38.5 Å². The first kappa shape index (κ1) is 11.8. The van der Waals surface area contributed by atoms with Crippen molar-refractivity contribution in [3.8, 4) is 0 Å². The lowest BCUT2D eigenvalue weighted by atomic mass is 9.49. The highest BCUT2D eigenvalue weighted by atomic mass is 35.5. The smallest absolute Gasteiger partial charge is 0.237 e. The first-order valence-corrected chi connectivity index (χ1v) is 7.42. The van der Waals surface area contributed by atoms with Crippen LogP contribution in [0.1, 0.15) is 45.4 Å². The van der Waals surface area contributed by atoms with Crippen molar-refractivity contribution in [2.24, 2.45) is 23.2 Å². The molecule has 4 fully saturated rings. The third-order valence-electron chi connectivity index (χ3n) is 5.16. The van der Waals surface area contributed by atoms with Gasteiger partial charge in [-0.25, -0.2) is 0 Å². The molecule has 3 heteroatoms. The highest BCUT2D eigenvalue weighted by molar-refractivity contribution is 6.30. The summed E-state index contributed by atoms with van der Waals surface area (Å²) in [5, 5.41) is 2.67. The Labute approximate surface area is 108 Å². The minimum absolute atomic E-state index is 0.00223. The van der Waals surface area contributed by atoms with Crippen LogP contribution in [-0.2, 0) is 4.79 Å². The molecule has 1 amide bonds. The molecule has 0 saturated heterocycles. The average Bonchev–Trinajstić information content (AvgIpc) is 2.24. The monoisotopic (exact) mass is 255 g/mol. The zero-order valence-corrected chi connectivity index (χ0v) is 11.3. The summed E-state index contributed by atoms with van der Waals surface area (Å²) in [5.74, 6) is 2.85. The molecule has 0 aromatic carbocycles. The molecule has 96 valence electrons. The van der Waals surface area contributed by atoms with Crippen LogP contribution in [0.25, 0.3) is 0 Å². The summed E-state index contributed by atoms with van der Waals surface area (Å²) in [5.41, 5.74) is 0.427. The summed E-state index contributed by atoms with van der Waals surface area (Å²) in [4.78, 5) is 11.6. The lowest BCUT2D eigenvalue weighted by molar-refractivity contribution is -0.122. The molecular formula is C14H22ClNO. The molecule has 4 saturated carbocycles. The van der Waals surface area contributed by atoms with Crippen LogP contribution in [0.3, 0.4) is 0 Å². The van der Waals surface area contributed by atoms with E-state index in [-0.39, 0.29) is 5.91 Å². The van der Waals surface area contributed by atoms with Crippen molar-refractivity contribution in [3.63, 3.8) is 0 Å². The fraction of sp³-hybridized carbons (Fsp3) is 0.929. The molecule has 1 unspecified atom stereocenters. The van der Waals surface area contributed by atoms with Crippen LogP contribution < -0.4 is 5.32 Å². The lowest BCUT2D eigenvalue weighted by Crippen LogP contribution is -2.51. The summed E-state index contributed by atoms with van der Waals surface area (Å²) < 4.78 is 0. The second-order valence-electron chi connectivity index (χ2n) is 6.75. The van der Waals surface area contributed by atoms with Crippen molar-refractivity contribution in [1.29, 1.82) is 0 Å². The zero-order chi connectivity index (χ0) is 12.0. The molecule has 0 radical (unpaired) electrons. The largest absolute Gasteiger partial charge is 0.354 e. The van der Waals surface area contributed by atoms with E-state index in [1.54, 1.807) is 6.92 Å². The van der Waals surface area contributed by atoms with Crippen LogP contribution in [0, 0.1) is 23.2 Å². The molecule has 4 rings (SSSR count). The number of carbonyl (C=O) groups is 1. The number of alkyl halides is 1. The molecular weight excluding hydrogens is 234 g/mol. The van der Waals surface area contributed by atoms with Crippen LogP contribution in [0.5, 0.6) is 0 Å². The minimum Gasteiger partial charge on any atom is -0.354 e. The fourth-order valence-corrected chi connectivity index (χ4v) is 5.00. The molecule has 4 aliphatic rings. The summed E-state index contributed by atoms with van der Waals surface area (Å²) in [6, 6.07) is 0. The van der Waals surface area contributed by atoms with Crippen molar-refractivity contribution >= 4 is 17.5 Å². The molecule has 2 nitrogen and oxygen atoms in total. The number of nitrogens with one attached hydrogen (secondary N) is 1. The van der Waals surface area contributed by atoms with Gasteiger partial charge in [0.1, 0.15) is 5.38 Å². The standard InChI is InChI=1S/C14H22ClNO/c1-9(15)13(17)16-8-14-5-10-2-11(6-14)4-12(3-10)7-14/h9-12H,2-8H2,1H3,(H,16,17). The van der Waals surface area contributed by atoms with Gasteiger partial charge >= 0.3 is 0 Å². The van der Waals surface area contributed by atoms with Gasteiger partial charge in [0.2, 0.25) is 5.91 Å². The Balaban J connectivity index is 1.64. The number of rotatable bonds is 3. The van der Waals surface area contributed by atoms with E-state index in [4.69, 9.17) is 11.6 Å². The van der Waals surface area contributed by atoms with Gasteiger partial charge in [0.25, 0.3) is 0 Å². The molecule has 1 atom stereocenters. The van der Waals surface area contributed by atoms with Crippen LogP contribution in [0.2, 0.25) is 0 Å². The van der Waals surface area contributed by atoms with Crippen molar-refractivity contribution in [2.75, 3.05) is 6.54 Å². The quantitative estimate of drug-likeness (QED) is 0.772. The van der Waals surface area contributed by atoms with Gasteiger partial charge in [-0.15, -0.1) is 11.6 Å². The van der Waals surface area contributed by atoms with Gasteiger partial charge < -0.3 is 5.32 Å². The van der Waals surface area contributed by atoms with Crippen molar-refractivity contribution in [2.45, 2.75) is 50.8 Å². The van der Waals surface area contributed by atoms with Crippen LogP contribution in [0.4, 0.5) is 0 Å². The number of hydrogen-bond donors (Lipinski definition) is 1. The van der Waals surface area contributed by atoms with Gasteiger partial charge in [-0.3, -0.25) is 4.79 Å².